The molecule has 1 unspecified atom stereocenters. The molecule has 1 rings (SSSR count). The first-order valence-corrected chi connectivity index (χ1v) is 6.59. The number of primary amides is 1. The number of sulfonamides is 1. The molecule has 1 amide bonds. The van der Waals surface area contributed by atoms with E-state index < -0.39 is 22.2 Å². The highest BCUT2D eigenvalue weighted by molar-refractivity contribution is 7.89. The predicted molar refractivity (Wildman–Crippen MR) is 62.9 cm³/mol. The summed E-state index contributed by atoms with van der Waals surface area (Å²) in [7, 11) is -3.76. The van der Waals surface area contributed by atoms with Gasteiger partial charge in [0.25, 0.3) is 0 Å². The summed E-state index contributed by atoms with van der Waals surface area (Å²) in [4.78, 5) is 10.6. The van der Waals surface area contributed by atoms with E-state index in [1.54, 1.807) is 0 Å². The van der Waals surface area contributed by atoms with Gasteiger partial charge in [0, 0.05) is 13.0 Å². The van der Waals surface area contributed by atoms with Crippen LogP contribution < -0.4 is 10.9 Å². The molecule has 1 aromatic carbocycles. The highest BCUT2D eigenvalue weighted by Gasteiger charge is 2.16. The molecule has 7 nitrogen and oxygen atoms in total. The number of nitrogens with two attached hydrogens (primary N) is 2. The summed E-state index contributed by atoms with van der Waals surface area (Å²) in [5, 5.41) is 13.8. The van der Waals surface area contributed by atoms with Gasteiger partial charge in [0.1, 0.15) is 6.10 Å². The Balaban J connectivity index is 2.96. The molecule has 18 heavy (non-hydrogen) atoms. The van der Waals surface area contributed by atoms with Crippen molar-refractivity contribution in [2.45, 2.75) is 17.4 Å². The second-order valence-electron chi connectivity index (χ2n) is 3.55. The molecule has 5 N–H and O–H groups in total. The maximum absolute atomic E-state index is 11.0. The van der Waals surface area contributed by atoms with Crippen LogP contribution in [0.5, 0.6) is 0 Å². The molecule has 0 bridgehead atoms. The minimum atomic E-state index is -3.76. The lowest BCUT2D eigenvalue weighted by molar-refractivity contribution is 0.0877. The molecule has 0 heterocycles. The number of rotatable bonds is 5. The van der Waals surface area contributed by atoms with Gasteiger partial charge in [0.05, 0.1) is 4.90 Å². The number of aliphatic hydroxyl groups is 1. The van der Waals surface area contributed by atoms with Crippen molar-refractivity contribution in [3.05, 3.63) is 29.8 Å². The number of hydrogen-bond acceptors (Lipinski definition) is 5. The van der Waals surface area contributed by atoms with Gasteiger partial charge in [-0.05, 0) is 17.7 Å². The molecule has 0 aromatic heterocycles. The summed E-state index contributed by atoms with van der Waals surface area (Å²) in [5.74, 6) is 0. The van der Waals surface area contributed by atoms with E-state index in [0.29, 0.717) is 5.56 Å². The standard InChI is InChI=1S/C10H14N2O5S/c11-10(14)17-9(5-6-13)7-1-3-8(4-2-7)18(12,15)16/h1-4,9,13H,5-6H2,(H2,11,14)(H2,12,15,16). The van der Waals surface area contributed by atoms with E-state index in [4.69, 9.17) is 20.7 Å². The van der Waals surface area contributed by atoms with Gasteiger partial charge in [-0.3, -0.25) is 0 Å². The van der Waals surface area contributed by atoms with E-state index in [-0.39, 0.29) is 17.9 Å². The van der Waals surface area contributed by atoms with Crippen molar-refractivity contribution >= 4 is 16.1 Å². The zero-order chi connectivity index (χ0) is 13.8. The van der Waals surface area contributed by atoms with Crippen molar-refractivity contribution in [1.82, 2.24) is 0 Å². The minimum Gasteiger partial charge on any atom is -0.441 e. The zero-order valence-corrected chi connectivity index (χ0v) is 10.3. The summed E-state index contributed by atoms with van der Waals surface area (Å²) < 4.78 is 26.9. The quantitative estimate of drug-likeness (QED) is 0.686. The van der Waals surface area contributed by atoms with Crippen molar-refractivity contribution in [2.24, 2.45) is 10.9 Å². The van der Waals surface area contributed by atoms with Gasteiger partial charge in [0.15, 0.2) is 0 Å². The Hall–Kier alpha value is -1.64. The molecule has 8 heteroatoms. The Kier molecular flexibility index (Phi) is 4.65. The summed E-state index contributed by atoms with van der Waals surface area (Å²) >= 11 is 0. The first-order chi connectivity index (χ1) is 8.34. The summed E-state index contributed by atoms with van der Waals surface area (Å²) in [6.45, 7) is -0.200. The minimum absolute atomic E-state index is 0.0481. The monoisotopic (exact) mass is 274 g/mol. The lowest BCUT2D eigenvalue weighted by Crippen LogP contribution is -2.18. The van der Waals surface area contributed by atoms with Crippen LogP contribution in [-0.2, 0) is 14.8 Å². The third-order valence-electron chi connectivity index (χ3n) is 2.23. The molecule has 1 aromatic rings. The van der Waals surface area contributed by atoms with Gasteiger partial charge in [-0.1, -0.05) is 12.1 Å². The lowest BCUT2D eigenvalue weighted by Gasteiger charge is -2.16. The van der Waals surface area contributed by atoms with Gasteiger partial charge in [-0.25, -0.2) is 18.4 Å². The number of carbonyl (C=O) groups excluding carboxylic acids is 1. The van der Waals surface area contributed by atoms with Crippen molar-refractivity contribution < 1.29 is 23.1 Å². The molecule has 0 spiro atoms. The normalized spacial score (nSPS) is 13.0. The molecular formula is C10H14N2O5S. The van der Waals surface area contributed by atoms with Gasteiger partial charge < -0.3 is 15.6 Å². The molecule has 0 aliphatic carbocycles. The fourth-order valence-electron chi connectivity index (χ4n) is 1.42. The van der Waals surface area contributed by atoms with Crippen molar-refractivity contribution in [1.29, 1.82) is 0 Å². The third kappa shape index (κ3) is 3.99. The Morgan fingerprint density at radius 2 is 1.89 bits per heavy atom. The number of amides is 1. The van der Waals surface area contributed by atoms with E-state index in [0.717, 1.165) is 0 Å². The average molecular weight is 274 g/mol. The summed E-state index contributed by atoms with van der Waals surface area (Å²) in [6, 6.07) is 5.48. The van der Waals surface area contributed by atoms with Gasteiger partial charge in [-0.2, -0.15) is 0 Å². The van der Waals surface area contributed by atoms with Crippen molar-refractivity contribution in [3.63, 3.8) is 0 Å². The molecule has 0 aliphatic rings. The van der Waals surface area contributed by atoms with Crippen molar-refractivity contribution in [2.75, 3.05) is 6.61 Å². The van der Waals surface area contributed by atoms with E-state index in [1.807, 2.05) is 0 Å². The van der Waals surface area contributed by atoms with Crippen LogP contribution in [0.15, 0.2) is 29.2 Å². The van der Waals surface area contributed by atoms with Crippen molar-refractivity contribution in [3.8, 4) is 0 Å². The van der Waals surface area contributed by atoms with Gasteiger partial charge in [0.2, 0.25) is 10.0 Å². The molecular weight excluding hydrogens is 260 g/mol. The van der Waals surface area contributed by atoms with Crippen LogP contribution in [0, 0.1) is 0 Å². The largest absolute Gasteiger partial charge is 0.441 e. The Morgan fingerprint density at radius 3 is 2.28 bits per heavy atom. The maximum Gasteiger partial charge on any atom is 0.405 e. The van der Waals surface area contributed by atoms with E-state index in [1.165, 1.54) is 24.3 Å². The molecule has 0 saturated carbocycles. The Labute approximate surface area is 104 Å². The number of benzene rings is 1. The van der Waals surface area contributed by atoms with Crippen LogP contribution in [-0.4, -0.2) is 26.2 Å². The molecule has 100 valence electrons. The maximum atomic E-state index is 11.0. The van der Waals surface area contributed by atoms with Crippen LogP contribution in [0.4, 0.5) is 4.79 Å². The molecule has 0 fully saturated rings. The van der Waals surface area contributed by atoms with Crippen LogP contribution in [0.1, 0.15) is 18.1 Å². The van der Waals surface area contributed by atoms with Gasteiger partial charge in [-0.15, -0.1) is 0 Å². The van der Waals surface area contributed by atoms with Crippen LogP contribution in [0.2, 0.25) is 0 Å². The van der Waals surface area contributed by atoms with Crippen LogP contribution in [0.3, 0.4) is 0 Å². The molecule has 1 atom stereocenters. The number of hydrogen-bond donors (Lipinski definition) is 3. The highest BCUT2D eigenvalue weighted by Crippen LogP contribution is 2.22. The smallest absolute Gasteiger partial charge is 0.405 e. The average Bonchev–Trinajstić information content (AvgIpc) is 2.27. The number of carbonyl (C=O) groups is 1. The highest BCUT2D eigenvalue weighted by atomic mass is 32.2. The topological polar surface area (TPSA) is 133 Å². The fourth-order valence-corrected chi connectivity index (χ4v) is 1.94. The molecule has 0 aliphatic heterocycles. The first kappa shape index (κ1) is 14.4. The summed E-state index contributed by atoms with van der Waals surface area (Å²) in [5.41, 5.74) is 5.42. The molecule has 0 saturated heterocycles. The number of primary sulfonamides is 1. The van der Waals surface area contributed by atoms with Crippen LogP contribution >= 0.6 is 0 Å². The third-order valence-corrected chi connectivity index (χ3v) is 3.16. The van der Waals surface area contributed by atoms with E-state index in [2.05, 4.69) is 0 Å². The van der Waals surface area contributed by atoms with E-state index in [9.17, 15) is 13.2 Å². The molecule has 0 radical (unpaired) electrons. The second-order valence-corrected chi connectivity index (χ2v) is 5.11. The summed E-state index contributed by atoms with van der Waals surface area (Å²) in [6.07, 6.45) is -1.52. The second kappa shape index (κ2) is 5.80. The van der Waals surface area contributed by atoms with Gasteiger partial charge >= 0.3 is 6.09 Å². The van der Waals surface area contributed by atoms with Crippen LogP contribution in [0.25, 0.3) is 0 Å². The number of ether oxygens (including phenoxy) is 1. The first-order valence-electron chi connectivity index (χ1n) is 5.04. The predicted octanol–water partition coefficient (Wildman–Crippen LogP) is -0.147. The lowest BCUT2D eigenvalue weighted by atomic mass is 10.1. The number of aliphatic hydroxyl groups excluding tert-OH is 1. The zero-order valence-electron chi connectivity index (χ0n) is 9.44. The van der Waals surface area contributed by atoms with E-state index >= 15 is 0 Å². The Morgan fingerprint density at radius 1 is 1.33 bits per heavy atom. The SMILES string of the molecule is NC(=O)OC(CCO)c1ccc(S(N)(=O)=O)cc1. The fraction of sp³-hybridized carbons (Fsp3) is 0.300. The Bertz CT molecular complexity index is 512.